The lowest BCUT2D eigenvalue weighted by molar-refractivity contribution is 0.167. The molecular formula is C50H98N8OSi2. The van der Waals surface area contributed by atoms with Crippen LogP contribution in [0.5, 0.6) is 0 Å². The van der Waals surface area contributed by atoms with Crippen LogP contribution in [0.4, 0.5) is 0 Å². The molecule has 8 atom stereocenters. The Morgan fingerprint density at radius 3 is 0.689 bits per heavy atom. The lowest BCUT2D eigenvalue weighted by atomic mass is 9.76. The second-order valence-corrected chi connectivity index (χ2v) is 27.9. The van der Waals surface area contributed by atoms with Gasteiger partial charge in [0.15, 0.2) is 8.32 Å². The largest absolute Gasteiger partial charge is 0.463 e. The van der Waals surface area contributed by atoms with Gasteiger partial charge in [-0.2, -0.15) is 0 Å². The summed E-state index contributed by atoms with van der Waals surface area (Å²) < 4.78 is 6.36. The Labute approximate surface area is 379 Å². The molecule has 61 heavy (non-hydrogen) atoms. The monoisotopic (exact) mass is 883 g/mol. The zero-order valence-electron chi connectivity index (χ0n) is 40.1. The molecule has 11 heteroatoms. The van der Waals surface area contributed by atoms with Crippen molar-refractivity contribution in [1.29, 1.82) is 0 Å². The van der Waals surface area contributed by atoms with Gasteiger partial charge in [-0.25, -0.2) is 0 Å². The number of hydrogen-bond donors (Lipinski definition) is 8. The average Bonchev–Trinajstić information content (AvgIpc) is 4.04. The summed E-state index contributed by atoms with van der Waals surface area (Å²) >= 11 is 0. The van der Waals surface area contributed by atoms with Crippen molar-refractivity contribution in [1.82, 2.24) is 42.5 Å². The van der Waals surface area contributed by atoms with Crippen LogP contribution in [0.25, 0.3) is 0 Å². The predicted octanol–water partition coefficient (Wildman–Crippen LogP) is 8.58. The van der Waals surface area contributed by atoms with E-state index in [1.165, 1.54) is 198 Å². The van der Waals surface area contributed by atoms with Crippen LogP contribution >= 0.6 is 0 Å². The Morgan fingerprint density at radius 1 is 0.328 bits per heavy atom. The van der Waals surface area contributed by atoms with Gasteiger partial charge in [0, 0.05) is 0 Å². The van der Waals surface area contributed by atoms with E-state index in [1.54, 1.807) is 0 Å². The van der Waals surface area contributed by atoms with Crippen LogP contribution in [0.3, 0.4) is 0 Å². The molecule has 5 heterocycles. The first-order valence-electron chi connectivity index (χ1n) is 27.7. The van der Waals surface area contributed by atoms with Crippen LogP contribution in [0.1, 0.15) is 201 Å². The second-order valence-electron chi connectivity index (χ2n) is 22.4. The van der Waals surface area contributed by atoms with Crippen LogP contribution in [-0.4, -0.2) is 68.1 Å². The first-order chi connectivity index (χ1) is 30.0. The summed E-state index contributed by atoms with van der Waals surface area (Å²) in [4.78, 5) is 0. The van der Waals surface area contributed by atoms with E-state index in [4.69, 9.17) is 4.12 Å². The quantitative estimate of drug-likeness (QED) is 0.0573. The Hall–Kier alpha value is 0.0738. The molecule has 0 aromatic heterocycles. The average molecular weight is 884 g/mol. The smallest absolute Gasteiger partial charge is 0.178 e. The van der Waals surface area contributed by atoms with E-state index in [0.29, 0.717) is 49.3 Å². The van der Waals surface area contributed by atoms with Gasteiger partial charge in [0.1, 0.15) is 10.5 Å². The van der Waals surface area contributed by atoms with Crippen molar-refractivity contribution in [2.24, 2.45) is 47.3 Å². The van der Waals surface area contributed by atoms with Gasteiger partial charge in [-0.15, -0.1) is 0 Å². The number of unbranched alkanes of at least 4 members (excludes halogenated alkanes) is 9. The minimum atomic E-state index is -1.36. The van der Waals surface area contributed by atoms with E-state index in [1.807, 2.05) is 0 Å². The molecule has 0 aromatic rings. The number of fused-ring (bicyclic) bond motifs is 20. The minimum Gasteiger partial charge on any atom is -0.463 e. The molecule has 5 saturated heterocycles. The lowest BCUT2D eigenvalue weighted by Gasteiger charge is -2.35. The summed E-state index contributed by atoms with van der Waals surface area (Å²) in [5.74, 6) is 5.97. The molecule has 0 aromatic carbocycles. The number of nitrogens with one attached hydrogen (secondary N) is 8. The fraction of sp³-hybridized carbons (Fsp3) is 1.00. The zero-order chi connectivity index (χ0) is 42.0. The Balaban J connectivity index is 0.000000210. The number of hydrogen-bond acceptors (Lipinski definition) is 9. The van der Waals surface area contributed by atoms with E-state index in [2.05, 4.69) is 63.3 Å². The second kappa shape index (κ2) is 23.7. The van der Waals surface area contributed by atoms with Crippen LogP contribution in [-0.2, 0) is 4.12 Å². The summed E-state index contributed by atoms with van der Waals surface area (Å²) in [6.45, 7) is 6.93. The first kappa shape index (κ1) is 47.6. The third-order valence-corrected chi connectivity index (χ3v) is 25.9. The molecule has 4 saturated carbocycles. The number of rotatable bonds is 16. The Kier molecular flexibility index (Phi) is 18.5. The van der Waals surface area contributed by atoms with Crippen molar-refractivity contribution in [3.05, 3.63) is 0 Å². The van der Waals surface area contributed by atoms with Gasteiger partial charge >= 0.3 is 0 Å². The Bertz CT molecular complexity index is 1040. The van der Waals surface area contributed by atoms with E-state index >= 15 is 0 Å². The summed E-state index contributed by atoms with van der Waals surface area (Å²) in [7, 11) is -0.392. The SMILES string of the molecule is C1CCC2C3NC(NC4NC(NC5NC(NC6NC(N3)C3CCCCC63)C3CCCCC53)C3CCCCC43)C2C1.CCCCCC[Si](CCCCCC)(CCCCCC)O[SiH3]. The summed E-state index contributed by atoms with van der Waals surface area (Å²) in [5.41, 5.74) is 0. The third-order valence-electron chi connectivity index (χ3n) is 18.7. The summed E-state index contributed by atoms with van der Waals surface area (Å²) in [6, 6.07) is 4.36. The van der Waals surface area contributed by atoms with Gasteiger partial charge in [-0.3, -0.25) is 42.5 Å². The molecule has 0 radical (unpaired) electrons. The van der Waals surface area contributed by atoms with Crippen molar-refractivity contribution in [3.63, 3.8) is 0 Å². The van der Waals surface area contributed by atoms with E-state index in [0.717, 1.165) is 57.8 Å². The normalized spacial score (nSPS) is 42.0. The highest BCUT2D eigenvalue weighted by Gasteiger charge is 2.54. The molecule has 8 bridgehead atoms. The molecule has 9 fully saturated rings. The zero-order valence-corrected chi connectivity index (χ0v) is 43.1. The molecule has 8 unspecified atom stereocenters. The molecule has 5 aliphatic heterocycles. The van der Waals surface area contributed by atoms with Crippen molar-refractivity contribution < 1.29 is 4.12 Å². The van der Waals surface area contributed by atoms with Crippen LogP contribution in [0, 0.1) is 47.3 Å². The maximum Gasteiger partial charge on any atom is 0.178 e. The van der Waals surface area contributed by atoms with Gasteiger partial charge in [0.05, 0.1) is 49.3 Å². The maximum absolute atomic E-state index is 6.36. The van der Waals surface area contributed by atoms with Crippen LogP contribution in [0.15, 0.2) is 0 Å². The highest BCUT2D eigenvalue weighted by Crippen LogP contribution is 2.45. The van der Waals surface area contributed by atoms with Crippen molar-refractivity contribution >= 4 is 18.8 Å². The fourth-order valence-electron chi connectivity index (χ4n) is 15.3. The van der Waals surface area contributed by atoms with Crippen molar-refractivity contribution in [2.45, 2.75) is 268 Å². The molecule has 8 N–H and O–H groups in total. The minimum absolute atomic E-state index is 0.420. The fourth-order valence-corrected chi connectivity index (χ4v) is 21.2. The molecule has 0 amide bonds. The molecular weight excluding hydrogens is 785 g/mol. The van der Waals surface area contributed by atoms with Crippen LogP contribution in [0.2, 0.25) is 18.1 Å². The van der Waals surface area contributed by atoms with E-state index < -0.39 is 8.32 Å². The van der Waals surface area contributed by atoms with Gasteiger partial charge in [-0.05, 0) is 117 Å². The van der Waals surface area contributed by atoms with Gasteiger partial charge in [-0.1, -0.05) is 149 Å². The third kappa shape index (κ3) is 11.6. The molecule has 9 aliphatic rings. The van der Waals surface area contributed by atoms with Gasteiger partial charge < -0.3 is 4.12 Å². The van der Waals surface area contributed by atoms with Crippen molar-refractivity contribution in [3.8, 4) is 0 Å². The highest BCUT2D eigenvalue weighted by molar-refractivity contribution is 6.76. The predicted molar refractivity (Wildman–Crippen MR) is 261 cm³/mol. The molecule has 0 spiro atoms. The summed E-state index contributed by atoms with van der Waals surface area (Å²) in [6.07, 6.45) is 42.5. The molecule has 9 rings (SSSR count). The van der Waals surface area contributed by atoms with E-state index in [9.17, 15) is 0 Å². The van der Waals surface area contributed by atoms with E-state index in [-0.39, 0.29) is 0 Å². The van der Waals surface area contributed by atoms with Crippen molar-refractivity contribution in [2.75, 3.05) is 0 Å². The van der Waals surface area contributed by atoms with Gasteiger partial charge in [0.25, 0.3) is 0 Å². The topological polar surface area (TPSA) is 105 Å². The molecule has 352 valence electrons. The first-order valence-corrected chi connectivity index (χ1v) is 31.0. The molecule has 4 aliphatic carbocycles. The van der Waals surface area contributed by atoms with Crippen LogP contribution < -0.4 is 42.5 Å². The maximum atomic E-state index is 6.36. The molecule has 9 nitrogen and oxygen atoms in total. The lowest BCUT2D eigenvalue weighted by Crippen LogP contribution is -2.61. The Morgan fingerprint density at radius 2 is 0.525 bits per heavy atom. The van der Waals surface area contributed by atoms with Gasteiger partial charge in [0.2, 0.25) is 0 Å². The summed E-state index contributed by atoms with van der Waals surface area (Å²) in [5, 5.41) is 33.8. The highest BCUT2D eigenvalue weighted by atomic mass is 28.4. The standard InChI is InChI=1S/C32H56N8.C18H42OSi2/c1-2-10-18-17(9-1)25-33-26(18)38-28-21-13-5-6-14-22(21)30(35-28)40-32-24-16-8-7-15-23(24)31(36-32)39-29-20-12-4-3-11-19(20)27(34-29)37-25;1-4-7-10-13-16-21(19-20,17-14-11-8-5-2)18-15-12-9-6-3/h17-40H,1-16H2;4-18H2,1-3,20H3.